The van der Waals surface area contributed by atoms with Gasteiger partial charge in [0, 0.05) is 36.1 Å². The number of nitrogens with zero attached hydrogens (tertiary/aromatic N) is 8. The van der Waals surface area contributed by atoms with Crippen molar-refractivity contribution in [3.05, 3.63) is 63.7 Å². The molecule has 0 bridgehead atoms. The van der Waals surface area contributed by atoms with Crippen molar-refractivity contribution in [2.75, 3.05) is 18.0 Å². The zero-order valence-electron chi connectivity index (χ0n) is 17.4. The van der Waals surface area contributed by atoms with Crippen LogP contribution in [0.5, 0.6) is 5.75 Å². The van der Waals surface area contributed by atoms with Gasteiger partial charge in [-0.1, -0.05) is 0 Å². The van der Waals surface area contributed by atoms with E-state index < -0.39 is 0 Å². The second-order valence-corrected chi connectivity index (χ2v) is 8.85. The predicted octanol–water partition coefficient (Wildman–Crippen LogP) is 3.83. The maximum atomic E-state index is 5.99. The van der Waals surface area contributed by atoms with Gasteiger partial charge in [-0.15, -0.1) is 16.4 Å². The fourth-order valence-electron chi connectivity index (χ4n) is 3.78. The van der Waals surface area contributed by atoms with Gasteiger partial charge < -0.3 is 9.64 Å². The molecular weight excluding hydrogens is 448 g/mol. The highest BCUT2D eigenvalue weighted by Gasteiger charge is 2.25. The standard InChI is InChI=1S/C21H21ClN8OS/c1-14-10-23-21(22)26-19(14)29-8-6-15(7-9-29)20-25-16(12-32-20)11-31-18-4-2-17(3-5-18)30-13-24-27-28-30/h2-5,10,12-13,15H,6-9,11H2,1H3. The molecule has 0 unspecified atom stereocenters. The molecule has 3 aromatic heterocycles. The van der Waals surface area contributed by atoms with Crippen LogP contribution >= 0.6 is 22.9 Å². The Balaban J connectivity index is 1.15. The second kappa shape index (κ2) is 9.17. The molecule has 1 saturated heterocycles. The number of benzene rings is 1. The van der Waals surface area contributed by atoms with E-state index in [9.17, 15) is 0 Å². The van der Waals surface area contributed by atoms with Gasteiger partial charge in [0.05, 0.1) is 16.4 Å². The Labute approximate surface area is 194 Å². The number of aryl methyl sites for hydroxylation is 1. The Morgan fingerprint density at radius 3 is 2.72 bits per heavy atom. The summed E-state index contributed by atoms with van der Waals surface area (Å²) in [5.74, 6) is 2.17. The Kier molecular flexibility index (Phi) is 5.95. The summed E-state index contributed by atoms with van der Waals surface area (Å²) in [5.41, 5.74) is 2.88. The average molecular weight is 469 g/mol. The number of rotatable bonds is 6. The first kappa shape index (κ1) is 20.8. The number of hydrogen-bond acceptors (Lipinski definition) is 9. The molecule has 0 amide bonds. The topological polar surface area (TPSA) is 94.7 Å². The molecule has 5 rings (SSSR count). The van der Waals surface area contributed by atoms with Crippen LogP contribution in [0.2, 0.25) is 5.28 Å². The van der Waals surface area contributed by atoms with Gasteiger partial charge in [-0.25, -0.2) is 19.6 Å². The molecule has 0 radical (unpaired) electrons. The number of piperidine rings is 1. The summed E-state index contributed by atoms with van der Waals surface area (Å²) in [5, 5.41) is 14.7. The lowest BCUT2D eigenvalue weighted by Crippen LogP contribution is -2.34. The minimum absolute atomic E-state index is 0.294. The van der Waals surface area contributed by atoms with E-state index in [1.54, 1.807) is 28.5 Å². The quantitative estimate of drug-likeness (QED) is 0.394. The average Bonchev–Trinajstić information content (AvgIpc) is 3.53. The first-order valence-electron chi connectivity index (χ1n) is 10.3. The van der Waals surface area contributed by atoms with Crippen molar-refractivity contribution in [2.24, 2.45) is 0 Å². The highest BCUT2D eigenvalue weighted by molar-refractivity contribution is 7.09. The summed E-state index contributed by atoms with van der Waals surface area (Å²) in [6.07, 6.45) is 5.41. The number of hydrogen-bond donors (Lipinski definition) is 0. The van der Waals surface area contributed by atoms with Crippen molar-refractivity contribution in [3.8, 4) is 11.4 Å². The van der Waals surface area contributed by atoms with Crippen LogP contribution in [-0.2, 0) is 6.61 Å². The predicted molar refractivity (Wildman–Crippen MR) is 122 cm³/mol. The Morgan fingerprint density at radius 2 is 1.97 bits per heavy atom. The molecule has 1 aliphatic heterocycles. The van der Waals surface area contributed by atoms with Gasteiger partial charge >= 0.3 is 0 Å². The van der Waals surface area contributed by atoms with Crippen LogP contribution in [0.25, 0.3) is 5.69 Å². The largest absolute Gasteiger partial charge is 0.487 e. The van der Waals surface area contributed by atoms with Gasteiger partial charge in [0.25, 0.3) is 0 Å². The van der Waals surface area contributed by atoms with Crippen molar-refractivity contribution in [1.82, 2.24) is 35.2 Å². The zero-order chi connectivity index (χ0) is 21.9. The number of tetrazole rings is 1. The lowest BCUT2D eigenvalue weighted by atomic mass is 9.97. The normalized spacial score (nSPS) is 14.6. The zero-order valence-corrected chi connectivity index (χ0v) is 19.0. The lowest BCUT2D eigenvalue weighted by molar-refractivity contribution is 0.301. The van der Waals surface area contributed by atoms with Gasteiger partial charge in [-0.3, -0.25) is 0 Å². The number of ether oxygens (including phenoxy) is 1. The van der Waals surface area contributed by atoms with E-state index in [1.807, 2.05) is 31.2 Å². The SMILES string of the molecule is Cc1cnc(Cl)nc1N1CCC(c2nc(COc3ccc(-n4cnnn4)cc3)cs2)CC1. The number of thiazole rings is 1. The molecule has 164 valence electrons. The minimum Gasteiger partial charge on any atom is -0.487 e. The van der Waals surface area contributed by atoms with Gasteiger partial charge in [-0.2, -0.15) is 0 Å². The molecule has 0 aliphatic carbocycles. The Morgan fingerprint density at radius 1 is 1.16 bits per heavy atom. The van der Waals surface area contributed by atoms with Crippen LogP contribution in [0.3, 0.4) is 0 Å². The molecule has 11 heteroatoms. The molecule has 0 saturated carbocycles. The molecule has 9 nitrogen and oxygen atoms in total. The van der Waals surface area contributed by atoms with Crippen LogP contribution < -0.4 is 9.64 Å². The Hall–Kier alpha value is -3.11. The van der Waals surface area contributed by atoms with Crippen LogP contribution in [0, 0.1) is 6.92 Å². The highest BCUT2D eigenvalue weighted by atomic mass is 35.5. The molecule has 1 fully saturated rings. The smallest absolute Gasteiger partial charge is 0.224 e. The van der Waals surface area contributed by atoms with Crippen molar-refractivity contribution in [1.29, 1.82) is 0 Å². The monoisotopic (exact) mass is 468 g/mol. The lowest BCUT2D eigenvalue weighted by Gasteiger charge is -2.32. The highest BCUT2D eigenvalue weighted by Crippen LogP contribution is 2.33. The maximum absolute atomic E-state index is 5.99. The van der Waals surface area contributed by atoms with Gasteiger partial charge in [0.1, 0.15) is 24.5 Å². The van der Waals surface area contributed by atoms with Crippen LogP contribution in [-0.4, -0.2) is 48.2 Å². The van der Waals surface area contributed by atoms with E-state index in [-0.39, 0.29) is 0 Å². The molecule has 4 heterocycles. The van der Waals surface area contributed by atoms with Crippen LogP contribution in [0.4, 0.5) is 5.82 Å². The molecule has 1 aromatic carbocycles. The third-order valence-electron chi connectivity index (χ3n) is 5.47. The van der Waals surface area contributed by atoms with Crippen molar-refractivity contribution < 1.29 is 4.74 Å². The number of anilines is 1. The molecule has 0 N–H and O–H groups in total. The Bertz CT molecular complexity index is 1170. The fraction of sp³-hybridized carbons (Fsp3) is 0.333. The van der Waals surface area contributed by atoms with Crippen molar-refractivity contribution in [2.45, 2.75) is 32.3 Å². The summed E-state index contributed by atoms with van der Waals surface area (Å²) in [6.45, 7) is 4.32. The van der Waals surface area contributed by atoms with Gasteiger partial charge in [-0.05, 0) is 66.1 Å². The number of aromatic nitrogens is 7. The summed E-state index contributed by atoms with van der Waals surface area (Å²) in [6, 6.07) is 7.64. The van der Waals surface area contributed by atoms with Crippen molar-refractivity contribution in [3.63, 3.8) is 0 Å². The molecule has 0 atom stereocenters. The summed E-state index contributed by atoms with van der Waals surface area (Å²) >= 11 is 7.70. The third-order valence-corrected chi connectivity index (χ3v) is 6.70. The molecule has 0 spiro atoms. The van der Waals surface area contributed by atoms with Gasteiger partial charge in [0.2, 0.25) is 5.28 Å². The molecule has 4 aromatic rings. The summed E-state index contributed by atoms with van der Waals surface area (Å²) in [7, 11) is 0. The maximum Gasteiger partial charge on any atom is 0.224 e. The molecule has 32 heavy (non-hydrogen) atoms. The van der Waals surface area contributed by atoms with Crippen molar-refractivity contribution >= 4 is 28.8 Å². The van der Waals surface area contributed by atoms with E-state index in [2.05, 4.69) is 35.8 Å². The van der Waals surface area contributed by atoms with E-state index in [0.717, 1.165) is 54.4 Å². The third kappa shape index (κ3) is 4.56. The first-order valence-corrected chi connectivity index (χ1v) is 11.6. The molecular formula is C21H21ClN8OS. The van der Waals surface area contributed by atoms with E-state index in [0.29, 0.717) is 17.8 Å². The van der Waals surface area contributed by atoms with E-state index >= 15 is 0 Å². The van der Waals surface area contributed by atoms with E-state index in [4.69, 9.17) is 21.3 Å². The van der Waals surface area contributed by atoms with Crippen LogP contribution in [0.15, 0.2) is 42.2 Å². The van der Waals surface area contributed by atoms with Crippen LogP contribution in [0.1, 0.15) is 35.0 Å². The minimum atomic E-state index is 0.294. The second-order valence-electron chi connectivity index (χ2n) is 7.62. The summed E-state index contributed by atoms with van der Waals surface area (Å²) in [4.78, 5) is 15.6. The fourth-order valence-corrected chi connectivity index (χ4v) is 4.88. The first-order chi connectivity index (χ1) is 15.7. The number of halogens is 1. The van der Waals surface area contributed by atoms with Gasteiger partial charge in [0.15, 0.2) is 0 Å². The molecule has 1 aliphatic rings. The van der Waals surface area contributed by atoms with E-state index in [1.165, 1.54) is 5.01 Å². The summed E-state index contributed by atoms with van der Waals surface area (Å²) < 4.78 is 7.51.